The lowest BCUT2D eigenvalue weighted by atomic mass is 10.1. The van der Waals surface area contributed by atoms with Crippen molar-refractivity contribution in [3.63, 3.8) is 0 Å². The highest BCUT2D eigenvalue weighted by Crippen LogP contribution is 2.18. The minimum absolute atomic E-state index is 0.201. The summed E-state index contributed by atoms with van der Waals surface area (Å²) in [6.45, 7) is 6.22. The van der Waals surface area contributed by atoms with Gasteiger partial charge < -0.3 is 15.0 Å². The molecular formula is C18H23N5O. The fraction of sp³-hybridized carbons (Fsp3) is 0.389. The first-order valence-corrected chi connectivity index (χ1v) is 8.28. The highest BCUT2D eigenvalue weighted by atomic mass is 16.5. The number of anilines is 1. The maximum atomic E-state index is 5.67. The topological polar surface area (TPSA) is 75.7 Å². The molecule has 2 aromatic heterocycles. The SMILES string of the molecule is CC(C)Oc1ccc(CC[C@H](C)Nc2ncnc3nc[nH]c23)cc1. The molecule has 6 heteroatoms. The van der Waals surface area contributed by atoms with E-state index in [4.69, 9.17) is 4.74 Å². The lowest BCUT2D eigenvalue weighted by Crippen LogP contribution is -2.17. The third kappa shape index (κ3) is 4.01. The van der Waals surface area contributed by atoms with E-state index in [-0.39, 0.29) is 12.1 Å². The van der Waals surface area contributed by atoms with Crippen LogP contribution in [0.25, 0.3) is 11.2 Å². The van der Waals surface area contributed by atoms with Crippen LogP contribution in [0.4, 0.5) is 5.82 Å². The van der Waals surface area contributed by atoms with Gasteiger partial charge in [-0.2, -0.15) is 0 Å². The molecule has 6 nitrogen and oxygen atoms in total. The van der Waals surface area contributed by atoms with E-state index in [1.807, 2.05) is 26.0 Å². The van der Waals surface area contributed by atoms with Gasteiger partial charge in [0.25, 0.3) is 0 Å². The van der Waals surface area contributed by atoms with Crippen LogP contribution in [0.1, 0.15) is 32.8 Å². The second kappa shape index (κ2) is 7.29. The number of nitrogens with zero attached hydrogens (tertiary/aromatic N) is 3. The molecule has 0 aliphatic heterocycles. The van der Waals surface area contributed by atoms with Crippen LogP contribution < -0.4 is 10.1 Å². The summed E-state index contributed by atoms with van der Waals surface area (Å²) in [5.41, 5.74) is 2.83. The molecule has 2 N–H and O–H groups in total. The molecule has 0 aliphatic carbocycles. The van der Waals surface area contributed by atoms with Crippen molar-refractivity contribution in [3.8, 4) is 5.75 Å². The predicted molar refractivity (Wildman–Crippen MR) is 95.3 cm³/mol. The number of nitrogens with one attached hydrogen (secondary N) is 2. The van der Waals surface area contributed by atoms with Gasteiger partial charge in [0, 0.05) is 6.04 Å². The second-order valence-electron chi connectivity index (χ2n) is 6.22. The Morgan fingerprint density at radius 1 is 1.08 bits per heavy atom. The summed E-state index contributed by atoms with van der Waals surface area (Å²) in [6, 6.07) is 8.61. The van der Waals surface area contributed by atoms with Crippen molar-refractivity contribution in [1.29, 1.82) is 0 Å². The summed E-state index contributed by atoms with van der Waals surface area (Å²) >= 11 is 0. The van der Waals surface area contributed by atoms with Crippen LogP contribution in [-0.4, -0.2) is 32.1 Å². The first-order chi connectivity index (χ1) is 11.6. The standard InChI is InChI=1S/C18H23N5O/c1-12(2)24-15-8-6-14(7-9-15)5-4-13(3)23-18-16-17(20-10-19-16)21-11-22-18/h6-13H,4-5H2,1-3H3,(H2,19,20,21,22,23)/t13-/m0/s1. The van der Waals surface area contributed by atoms with E-state index >= 15 is 0 Å². The highest BCUT2D eigenvalue weighted by molar-refractivity contribution is 5.81. The molecule has 0 saturated heterocycles. The number of aromatic amines is 1. The van der Waals surface area contributed by atoms with E-state index in [9.17, 15) is 0 Å². The van der Waals surface area contributed by atoms with Crippen molar-refractivity contribution in [1.82, 2.24) is 19.9 Å². The van der Waals surface area contributed by atoms with Crippen molar-refractivity contribution in [2.45, 2.75) is 45.8 Å². The van der Waals surface area contributed by atoms with Crippen LogP contribution in [0.3, 0.4) is 0 Å². The first kappa shape index (κ1) is 16.2. The van der Waals surface area contributed by atoms with Crippen LogP contribution in [0, 0.1) is 0 Å². The normalized spacial score (nSPS) is 12.5. The molecule has 126 valence electrons. The van der Waals surface area contributed by atoms with E-state index in [0.29, 0.717) is 5.65 Å². The van der Waals surface area contributed by atoms with Gasteiger partial charge in [0.05, 0.1) is 12.4 Å². The van der Waals surface area contributed by atoms with Gasteiger partial charge in [-0.1, -0.05) is 12.1 Å². The molecule has 0 fully saturated rings. The van der Waals surface area contributed by atoms with Gasteiger partial charge in [0.15, 0.2) is 11.5 Å². The highest BCUT2D eigenvalue weighted by Gasteiger charge is 2.09. The fourth-order valence-electron chi connectivity index (χ4n) is 2.57. The van der Waals surface area contributed by atoms with E-state index < -0.39 is 0 Å². The van der Waals surface area contributed by atoms with Gasteiger partial charge >= 0.3 is 0 Å². The quantitative estimate of drug-likeness (QED) is 0.694. The monoisotopic (exact) mass is 325 g/mol. The zero-order chi connectivity index (χ0) is 16.9. The Morgan fingerprint density at radius 2 is 1.88 bits per heavy atom. The van der Waals surface area contributed by atoms with Gasteiger partial charge in [-0.05, 0) is 51.3 Å². The number of ether oxygens (including phenoxy) is 1. The molecule has 24 heavy (non-hydrogen) atoms. The Labute approximate surface area is 141 Å². The number of aromatic nitrogens is 4. The molecule has 0 aliphatic rings. The van der Waals surface area contributed by atoms with Crippen molar-refractivity contribution < 1.29 is 4.74 Å². The van der Waals surface area contributed by atoms with Crippen molar-refractivity contribution in [2.24, 2.45) is 0 Å². The summed E-state index contributed by atoms with van der Waals surface area (Å²) in [5.74, 6) is 1.72. The summed E-state index contributed by atoms with van der Waals surface area (Å²) in [4.78, 5) is 15.7. The Morgan fingerprint density at radius 3 is 2.62 bits per heavy atom. The average molecular weight is 325 g/mol. The number of hydrogen-bond donors (Lipinski definition) is 2. The largest absolute Gasteiger partial charge is 0.491 e. The number of benzene rings is 1. The fourth-order valence-corrected chi connectivity index (χ4v) is 2.57. The minimum Gasteiger partial charge on any atom is -0.491 e. The summed E-state index contributed by atoms with van der Waals surface area (Å²) in [5, 5.41) is 3.43. The van der Waals surface area contributed by atoms with Crippen LogP contribution in [0.15, 0.2) is 36.9 Å². The number of aryl methyl sites for hydroxylation is 1. The van der Waals surface area contributed by atoms with Gasteiger partial charge in [0.1, 0.15) is 17.6 Å². The minimum atomic E-state index is 0.201. The molecule has 0 saturated carbocycles. The number of H-pyrrole nitrogens is 1. The Hall–Kier alpha value is -2.63. The maximum absolute atomic E-state index is 5.67. The number of hydrogen-bond acceptors (Lipinski definition) is 5. The Kier molecular flexibility index (Phi) is 4.93. The van der Waals surface area contributed by atoms with E-state index in [1.54, 1.807) is 6.33 Å². The lowest BCUT2D eigenvalue weighted by molar-refractivity contribution is 0.242. The van der Waals surface area contributed by atoms with Gasteiger partial charge in [-0.3, -0.25) is 0 Å². The number of fused-ring (bicyclic) bond motifs is 1. The molecule has 1 atom stereocenters. The van der Waals surface area contributed by atoms with E-state index in [0.717, 1.165) is 29.9 Å². The molecule has 0 unspecified atom stereocenters. The molecule has 2 heterocycles. The van der Waals surface area contributed by atoms with Gasteiger partial charge in [0.2, 0.25) is 0 Å². The van der Waals surface area contributed by atoms with Crippen molar-refractivity contribution in [2.75, 3.05) is 5.32 Å². The molecule has 3 aromatic rings. The van der Waals surface area contributed by atoms with Gasteiger partial charge in [-0.25, -0.2) is 15.0 Å². The van der Waals surface area contributed by atoms with Crippen molar-refractivity contribution in [3.05, 3.63) is 42.5 Å². The summed E-state index contributed by atoms with van der Waals surface area (Å²) in [6.07, 6.45) is 5.37. The zero-order valence-electron chi connectivity index (χ0n) is 14.3. The summed E-state index contributed by atoms with van der Waals surface area (Å²) < 4.78 is 5.67. The molecule has 0 bridgehead atoms. The third-order valence-corrected chi connectivity index (χ3v) is 3.77. The number of rotatable bonds is 7. The lowest BCUT2D eigenvalue weighted by Gasteiger charge is -2.15. The molecule has 3 rings (SSSR count). The second-order valence-corrected chi connectivity index (χ2v) is 6.22. The maximum Gasteiger partial charge on any atom is 0.182 e. The molecular weight excluding hydrogens is 302 g/mol. The molecule has 0 radical (unpaired) electrons. The van der Waals surface area contributed by atoms with Crippen LogP contribution in [0.5, 0.6) is 5.75 Å². The van der Waals surface area contributed by atoms with Crippen LogP contribution in [-0.2, 0) is 6.42 Å². The third-order valence-electron chi connectivity index (χ3n) is 3.77. The number of imidazole rings is 1. The predicted octanol–water partition coefficient (Wildman–Crippen LogP) is 3.57. The molecule has 0 amide bonds. The smallest absolute Gasteiger partial charge is 0.182 e. The summed E-state index contributed by atoms with van der Waals surface area (Å²) in [7, 11) is 0. The molecule has 1 aromatic carbocycles. The average Bonchev–Trinajstić information content (AvgIpc) is 3.03. The van der Waals surface area contributed by atoms with Crippen LogP contribution in [0.2, 0.25) is 0 Å². The Bertz CT molecular complexity index is 781. The molecule has 0 spiro atoms. The van der Waals surface area contributed by atoms with Crippen molar-refractivity contribution >= 4 is 17.0 Å². The first-order valence-electron chi connectivity index (χ1n) is 8.28. The zero-order valence-corrected chi connectivity index (χ0v) is 14.3. The van der Waals surface area contributed by atoms with E-state index in [2.05, 4.69) is 44.3 Å². The van der Waals surface area contributed by atoms with Gasteiger partial charge in [-0.15, -0.1) is 0 Å². The van der Waals surface area contributed by atoms with Crippen LogP contribution >= 0.6 is 0 Å². The van der Waals surface area contributed by atoms with E-state index in [1.165, 1.54) is 11.9 Å². The Balaban J connectivity index is 1.55.